The molecule has 6 heteroatoms. The quantitative estimate of drug-likeness (QED) is 0.823. The van der Waals surface area contributed by atoms with Crippen LogP contribution in [0.1, 0.15) is 31.2 Å². The van der Waals surface area contributed by atoms with E-state index in [1.807, 2.05) is 0 Å². The van der Waals surface area contributed by atoms with Gasteiger partial charge in [-0.05, 0) is 31.0 Å². The van der Waals surface area contributed by atoms with Gasteiger partial charge in [0, 0.05) is 18.7 Å². The molecule has 0 fully saturated rings. The Morgan fingerprint density at radius 1 is 1.11 bits per heavy atom. The van der Waals surface area contributed by atoms with E-state index in [2.05, 4.69) is 10.3 Å². The first-order valence-electron chi connectivity index (χ1n) is 6.03. The Bertz CT molecular complexity index is 444. The molecule has 106 valence electrons. The molecule has 19 heavy (non-hydrogen) atoms. The number of hydrogen-bond acceptors (Lipinski definition) is 2. The lowest BCUT2D eigenvalue weighted by molar-refractivity contribution is -0.137. The van der Waals surface area contributed by atoms with Gasteiger partial charge >= 0.3 is 6.18 Å². The maximum absolute atomic E-state index is 12.6. The molecule has 2 rings (SSSR count). The van der Waals surface area contributed by atoms with E-state index >= 15 is 0 Å². The molecule has 2 nitrogen and oxygen atoms in total. The van der Waals surface area contributed by atoms with E-state index < -0.39 is 11.7 Å². The van der Waals surface area contributed by atoms with Gasteiger partial charge in [-0.3, -0.25) is 4.99 Å². The topological polar surface area (TPSA) is 24.4 Å². The average molecular weight is 292 g/mol. The second kappa shape index (κ2) is 6.80. The SMILES string of the molecule is FC(F)(F)c1cccc(NC2=NCCCCC2)c1.[Cl-]. The van der Waals surface area contributed by atoms with Crippen LogP contribution in [0.25, 0.3) is 0 Å². The summed E-state index contributed by atoms with van der Waals surface area (Å²) in [7, 11) is 0. The van der Waals surface area contributed by atoms with E-state index in [-0.39, 0.29) is 12.4 Å². The predicted molar refractivity (Wildman–Crippen MR) is 65.8 cm³/mol. The lowest BCUT2D eigenvalue weighted by Gasteiger charge is -2.11. The molecule has 0 aliphatic carbocycles. The zero-order valence-corrected chi connectivity index (χ0v) is 11.1. The number of nitrogens with one attached hydrogen (secondary N) is 1. The highest BCUT2D eigenvalue weighted by atomic mass is 35.5. The molecule has 0 unspecified atom stereocenters. The Morgan fingerprint density at radius 2 is 1.89 bits per heavy atom. The van der Waals surface area contributed by atoms with E-state index in [1.165, 1.54) is 6.07 Å². The first kappa shape index (κ1) is 15.8. The van der Waals surface area contributed by atoms with Gasteiger partial charge in [-0.25, -0.2) is 0 Å². The molecule has 1 aromatic carbocycles. The van der Waals surface area contributed by atoms with E-state index in [4.69, 9.17) is 0 Å². The van der Waals surface area contributed by atoms with Crippen LogP contribution in [-0.4, -0.2) is 12.4 Å². The summed E-state index contributed by atoms with van der Waals surface area (Å²) in [6.07, 6.45) is -0.297. The Labute approximate surface area is 116 Å². The molecule has 0 radical (unpaired) electrons. The molecule has 1 N–H and O–H groups in total. The van der Waals surface area contributed by atoms with Crippen molar-refractivity contribution in [2.75, 3.05) is 11.9 Å². The fourth-order valence-electron chi connectivity index (χ4n) is 1.92. The van der Waals surface area contributed by atoms with Crippen molar-refractivity contribution < 1.29 is 25.6 Å². The number of rotatable bonds is 1. The number of aliphatic imine (C=N–C) groups is 1. The maximum Gasteiger partial charge on any atom is 0.416 e. The summed E-state index contributed by atoms with van der Waals surface area (Å²) in [5.74, 6) is 0.784. The summed E-state index contributed by atoms with van der Waals surface area (Å²) in [5, 5.41) is 2.98. The van der Waals surface area contributed by atoms with Gasteiger partial charge in [-0.15, -0.1) is 0 Å². The molecule has 1 aliphatic rings. The van der Waals surface area contributed by atoms with E-state index in [0.717, 1.165) is 50.2 Å². The molecule has 0 amide bonds. The second-order valence-electron chi connectivity index (χ2n) is 4.34. The summed E-state index contributed by atoms with van der Waals surface area (Å²) in [5.41, 5.74) is -0.188. The van der Waals surface area contributed by atoms with Gasteiger partial charge in [-0.2, -0.15) is 13.2 Å². The highest BCUT2D eigenvalue weighted by Crippen LogP contribution is 2.30. The van der Waals surface area contributed by atoms with E-state index in [0.29, 0.717) is 5.69 Å². The van der Waals surface area contributed by atoms with Crippen LogP contribution in [0, 0.1) is 0 Å². The molecule has 0 saturated heterocycles. The third kappa shape index (κ3) is 4.74. The van der Waals surface area contributed by atoms with Crippen LogP contribution >= 0.6 is 0 Å². The number of nitrogens with zero attached hydrogens (tertiary/aromatic N) is 1. The average Bonchev–Trinajstić information content (AvgIpc) is 2.57. The molecular weight excluding hydrogens is 277 g/mol. The first-order chi connectivity index (χ1) is 8.55. The number of anilines is 1. The van der Waals surface area contributed by atoms with Crippen molar-refractivity contribution in [2.45, 2.75) is 31.9 Å². The molecule has 1 aliphatic heterocycles. The second-order valence-corrected chi connectivity index (χ2v) is 4.34. The van der Waals surface area contributed by atoms with E-state index in [1.54, 1.807) is 6.07 Å². The van der Waals surface area contributed by atoms with Crippen molar-refractivity contribution in [2.24, 2.45) is 4.99 Å². The van der Waals surface area contributed by atoms with Crippen molar-refractivity contribution >= 4 is 11.5 Å². The Balaban J connectivity index is 0.00000180. The van der Waals surface area contributed by atoms with Crippen LogP contribution in [0.15, 0.2) is 29.3 Å². The summed E-state index contributed by atoms with van der Waals surface area (Å²) >= 11 is 0. The van der Waals surface area contributed by atoms with Crippen LogP contribution in [0.5, 0.6) is 0 Å². The molecular formula is C13H15ClF3N2-. The van der Waals surface area contributed by atoms with Crippen molar-refractivity contribution in [3.05, 3.63) is 29.8 Å². The summed E-state index contributed by atoms with van der Waals surface area (Å²) in [6.45, 7) is 0.751. The van der Waals surface area contributed by atoms with Gasteiger partial charge < -0.3 is 17.7 Å². The van der Waals surface area contributed by atoms with Crippen LogP contribution in [0.2, 0.25) is 0 Å². The number of halogens is 4. The Morgan fingerprint density at radius 3 is 2.63 bits per heavy atom. The highest BCUT2D eigenvalue weighted by molar-refractivity contribution is 5.95. The zero-order valence-electron chi connectivity index (χ0n) is 10.3. The molecule has 1 aromatic rings. The van der Waals surface area contributed by atoms with Gasteiger partial charge in [0.15, 0.2) is 0 Å². The number of alkyl halides is 3. The largest absolute Gasteiger partial charge is 1.00 e. The van der Waals surface area contributed by atoms with E-state index in [9.17, 15) is 13.2 Å². The summed E-state index contributed by atoms with van der Waals surface area (Å²) < 4.78 is 37.7. The van der Waals surface area contributed by atoms with Gasteiger partial charge in [0.25, 0.3) is 0 Å². The van der Waals surface area contributed by atoms with Crippen LogP contribution in [-0.2, 0) is 6.18 Å². The standard InChI is InChI=1S/C13H15F3N2.ClH/c14-13(15,16)10-5-4-6-11(9-10)18-12-7-2-1-3-8-17-12;/h4-6,9H,1-3,7-8H2,(H,17,18);1H/p-1. The molecule has 0 saturated carbocycles. The van der Waals surface area contributed by atoms with Crippen molar-refractivity contribution in [1.82, 2.24) is 0 Å². The predicted octanol–water partition coefficient (Wildman–Crippen LogP) is 1.09. The summed E-state index contributed by atoms with van der Waals surface area (Å²) in [4.78, 5) is 4.33. The van der Waals surface area contributed by atoms with Gasteiger partial charge in [-0.1, -0.05) is 12.5 Å². The zero-order chi connectivity index (χ0) is 13.0. The lowest BCUT2D eigenvalue weighted by atomic mass is 10.2. The summed E-state index contributed by atoms with van der Waals surface area (Å²) in [6, 6.07) is 5.22. The first-order valence-corrected chi connectivity index (χ1v) is 6.03. The third-order valence-electron chi connectivity index (χ3n) is 2.85. The van der Waals surface area contributed by atoms with Crippen LogP contribution in [0.3, 0.4) is 0 Å². The minimum Gasteiger partial charge on any atom is -1.00 e. The smallest absolute Gasteiger partial charge is 0.416 e. The molecule has 0 aromatic heterocycles. The number of amidine groups is 1. The lowest BCUT2D eigenvalue weighted by Crippen LogP contribution is -3.00. The highest BCUT2D eigenvalue weighted by Gasteiger charge is 2.30. The maximum atomic E-state index is 12.6. The Kier molecular flexibility index (Phi) is 5.66. The van der Waals surface area contributed by atoms with Crippen molar-refractivity contribution in [1.29, 1.82) is 0 Å². The van der Waals surface area contributed by atoms with Gasteiger partial charge in [0.05, 0.1) is 5.56 Å². The molecule has 0 bridgehead atoms. The third-order valence-corrected chi connectivity index (χ3v) is 2.85. The number of hydrogen-bond donors (Lipinski definition) is 1. The monoisotopic (exact) mass is 291 g/mol. The number of benzene rings is 1. The molecule has 0 spiro atoms. The molecule has 0 atom stereocenters. The normalized spacial score (nSPS) is 16.1. The van der Waals surface area contributed by atoms with Crippen LogP contribution < -0.4 is 17.7 Å². The van der Waals surface area contributed by atoms with Gasteiger partial charge in [0.1, 0.15) is 5.84 Å². The Hall–Kier alpha value is -1.23. The molecule has 1 heterocycles. The fourth-order valence-corrected chi connectivity index (χ4v) is 1.92. The van der Waals surface area contributed by atoms with Gasteiger partial charge in [0.2, 0.25) is 0 Å². The van der Waals surface area contributed by atoms with Crippen molar-refractivity contribution in [3.8, 4) is 0 Å². The minimum atomic E-state index is -4.30. The van der Waals surface area contributed by atoms with Crippen LogP contribution in [0.4, 0.5) is 18.9 Å². The minimum absolute atomic E-state index is 0. The van der Waals surface area contributed by atoms with Crippen molar-refractivity contribution in [3.63, 3.8) is 0 Å². The fraction of sp³-hybridized carbons (Fsp3) is 0.462.